The predicted octanol–water partition coefficient (Wildman–Crippen LogP) is 1.85. The van der Waals surface area contributed by atoms with Crippen molar-refractivity contribution in [1.82, 2.24) is 9.71 Å². The maximum atomic E-state index is 12.0. The molecule has 0 aliphatic carbocycles. The van der Waals surface area contributed by atoms with Gasteiger partial charge in [-0.15, -0.1) is 0 Å². The Morgan fingerprint density at radius 2 is 1.86 bits per heavy atom. The molecule has 0 fully saturated rings. The molecule has 1 heterocycles. The summed E-state index contributed by atoms with van der Waals surface area (Å²) >= 11 is 0. The van der Waals surface area contributed by atoms with Crippen LogP contribution in [0.25, 0.3) is 0 Å². The third-order valence-electron chi connectivity index (χ3n) is 3.30. The molecular formula is C15H18N2O3S. The second kappa shape index (κ2) is 6.69. The topological polar surface area (TPSA) is 79.0 Å². The molecule has 0 saturated heterocycles. The first-order chi connectivity index (χ1) is 9.99. The molecule has 0 radical (unpaired) electrons. The minimum atomic E-state index is -3.58. The van der Waals surface area contributed by atoms with Crippen molar-refractivity contribution in [2.24, 2.45) is 0 Å². The highest BCUT2D eigenvalue weighted by molar-refractivity contribution is 7.89. The molecule has 2 aromatic rings. The average Bonchev–Trinajstić information content (AvgIpc) is 2.48. The van der Waals surface area contributed by atoms with Crippen molar-refractivity contribution in [3.05, 3.63) is 64.6 Å². The third kappa shape index (κ3) is 4.27. The van der Waals surface area contributed by atoms with Crippen molar-refractivity contribution in [3.63, 3.8) is 0 Å². The highest BCUT2D eigenvalue weighted by Gasteiger charge is 2.14. The average molecular weight is 306 g/mol. The van der Waals surface area contributed by atoms with E-state index in [1.54, 1.807) is 0 Å². The molecule has 1 aromatic heterocycles. The molecule has 112 valence electrons. The van der Waals surface area contributed by atoms with Gasteiger partial charge in [-0.1, -0.05) is 37.3 Å². The van der Waals surface area contributed by atoms with E-state index in [9.17, 15) is 13.2 Å². The van der Waals surface area contributed by atoms with Crippen LogP contribution in [-0.2, 0) is 10.0 Å². The number of H-pyrrole nitrogens is 1. The molecule has 0 saturated carbocycles. The number of rotatable bonds is 6. The van der Waals surface area contributed by atoms with Gasteiger partial charge in [-0.25, -0.2) is 13.1 Å². The standard InChI is InChI=1S/C15H18N2O3S/c1-12(13-5-3-2-4-6-13)9-10-17-21(19,20)14-7-8-15(18)16-11-14/h2-8,11-12,17H,9-10H2,1H3,(H,16,18). The first-order valence-corrected chi connectivity index (χ1v) is 8.21. The monoisotopic (exact) mass is 306 g/mol. The second-order valence-electron chi connectivity index (χ2n) is 4.89. The number of aromatic nitrogens is 1. The van der Waals surface area contributed by atoms with E-state index in [0.29, 0.717) is 13.0 Å². The maximum absolute atomic E-state index is 12.0. The van der Waals surface area contributed by atoms with Gasteiger partial charge in [0.15, 0.2) is 0 Å². The SMILES string of the molecule is CC(CCNS(=O)(=O)c1ccc(=O)[nH]c1)c1ccccc1. The van der Waals surface area contributed by atoms with Crippen molar-refractivity contribution >= 4 is 10.0 Å². The van der Waals surface area contributed by atoms with Crippen LogP contribution in [0.1, 0.15) is 24.8 Å². The Labute approximate surface area is 124 Å². The van der Waals surface area contributed by atoms with Crippen LogP contribution in [0, 0.1) is 0 Å². The summed E-state index contributed by atoms with van der Waals surface area (Å²) in [7, 11) is -3.58. The van der Waals surface area contributed by atoms with Crippen LogP contribution in [0.2, 0.25) is 0 Å². The Hall–Kier alpha value is -1.92. The van der Waals surface area contributed by atoms with Gasteiger partial charge in [0.25, 0.3) is 0 Å². The summed E-state index contributed by atoms with van der Waals surface area (Å²) in [5.41, 5.74) is 0.854. The fourth-order valence-corrected chi connectivity index (χ4v) is 3.02. The fourth-order valence-electron chi connectivity index (χ4n) is 2.00. The third-order valence-corrected chi connectivity index (χ3v) is 4.76. The summed E-state index contributed by atoms with van der Waals surface area (Å²) in [6.45, 7) is 2.40. The predicted molar refractivity (Wildman–Crippen MR) is 81.7 cm³/mol. The zero-order valence-electron chi connectivity index (χ0n) is 11.7. The van der Waals surface area contributed by atoms with Crippen molar-refractivity contribution in [2.45, 2.75) is 24.2 Å². The highest BCUT2D eigenvalue weighted by Crippen LogP contribution is 2.17. The van der Waals surface area contributed by atoms with E-state index in [1.165, 1.54) is 23.9 Å². The van der Waals surface area contributed by atoms with Crippen LogP contribution in [0.5, 0.6) is 0 Å². The zero-order valence-corrected chi connectivity index (χ0v) is 12.6. The molecule has 0 bridgehead atoms. The lowest BCUT2D eigenvalue weighted by Crippen LogP contribution is -2.26. The number of aromatic amines is 1. The number of benzene rings is 1. The molecule has 21 heavy (non-hydrogen) atoms. The molecule has 0 aliphatic rings. The van der Waals surface area contributed by atoms with Crippen LogP contribution < -0.4 is 10.3 Å². The van der Waals surface area contributed by atoms with Gasteiger partial charge < -0.3 is 4.98 Å². The Balaban J connectivity index is 1.93. The van der Waals surface area contributed by atoms with Crippen LogP contribution in [0.3, 0.4) is 0 Å². The molecule has 1 unspecified atom stereocenters. The van der Waals surface area contributed by atoms with Crippen molar-refractivity contribution < 1.29 is 8.42 Å². The largest absolute Gasteiger partial charge is 0.328 e. The van der Waals surface area contributed by atoms with Gasteiger partial charge in [0.05, 0.1) is 4.90 Å². The lowest BCUT2D eigenvalue weighted by molar-refractivity contribution is 0.572. The Morgan fingerprint density at radius 1 is 1.14 bits per heavy atom. The van der Waals surface area contributed by atoms with E-state index in [4.69, 9.17) is 0 Å². The van der Waals surface area contributed by atoms with Crippen LogP contribution >= 0.6 is 0 Å². The van der Waals surface area contributed by atoms with E-state index >= 15 is 0 Å². The zero-order chi connectivity index (χ0) is 15.3. The fraction of sp³-hybridized carbons (Fsp3) is 0.267. The highest BCUT2D eigenvalue weighted by atomic mass is 32.2. The Bertz CT molecular complexity index is 719. The number of hydrogen-bond donors (Lipinski definition) is 2. The molecule has 6 heteroatoms. The number of nitrogens with one attached hydrogen (secondary N) is 2. The van der Waals surface area contributed by atoms with Crippen LogP contribution in [-0.4, -0.2) is 19.9 Å². The summed E-state index contributed by atoms with van der Waals surface area (Å²) in [6, 6.07) is 12.4. The minimum absolute atomic E-state index is 0.0643. The van der Waals surface area contributed by atoms with Gasteiger partial charge in [-0.05, 0) is 24.0 Å². The van der Waals surface area contributed by atoms with Gasteiger partial charge in [0.2, 0.25) is 15.6 Å². The molecule has 1 atom stereocenters. The van der Waals surface area contributed by atoms with E-state index in [-0.39, 0.29) is 16.4 Å². The van der Waals surface area contributed by atoms with Gasteiger partial charge in [0.1, 0.15) is 0 Å². The Kier molecular flexibility index (Phi) is 4.93. The number of hydrogen-bond acceptors (Lipinski definition) is 3. The van der Waals surface area contributed by atoms with Crippen LogP contribution in [0.15, 0.2) is 58.4 Å². The number of sulfonamides is 1. The summed E-state index contributed by atoms with van der Waals surface area (Å²) in [4.78, 5) is 13.4. The minimum Gasteiger partial charge on any atom is -0.328 e. The van der Waals surface area contributed by atoms with Gasteiger partial charge >= 0.3 is 0 Å². The first-order valence-electron chi connectivity index (χ1n) is 6.72. The second-order valence-corrected chi connectivity index (χ2v) is 6.65. The van der Waals surface area contributed by atoms with E-state index in [2.05, 4.69) is 16.6 Å². The summed E-state index contributed by atoms with van der Waals surface area (Å²) in [5, 5.41) is 0. The molecule has 2 N–H and O–H groups in total. The quantitative estimate of drug-likeness (QED) is 0.855. The Morgan fingerprint density at radius 3 is 2.48 bits per heavy atom. The maximum Gasteiger partial charge on any atom is 0.247 e. The molecule has 0 amide bonds. The van der Waals surface area contributed by atoms with Gasteiger partial charge in [0, 0.05) is 18.8 Å². The van der Waals surface area contributed by atoms with Crippen molar-refractivity contribution in [2.75, 3.05) is 6.54 Å². The molecule has 0 aliphatic heterocycles. The molecule has 1 aromatic carbocycles. The molecular weight excluding hydrogens is 288 g/mol. The van der Waals surface area contributed by atoms with Gasteiger partial charge in [-0.2, -0.15) is 0 Å². The molecule has 0 spiro atoms. The van der Waals surface area contributed by atoms with E-state index < -0.39 is 10.0 Å². The molecule has 5 nitrogen and oxygen atoms in total. The summed E-state index contributed by atoms with van der Waals surface area (Å²) in [6.07, 6.45) is 1.90. The van der Waals surface area contributed by atoms with Gasteiger partial charge in [-0.3, -0.25) is 4.79 Å². The van der Waals surface area contributed by atoms with Crippen molar-refractivity contribution in [3.8, 4) is 0 Å². The number of pyridine rings is 1. The molecule has 2 rings (SSSR count). The van der Waals surface area contributed by atoms with Crippen molar-refractivity contribution in [1.29, 1.82) is 0 Å². The normalized spacial score (nSPS) is 13.0. The lowest BCUT2D eigenvalue weighted by atomic mass is 9.98. The first kappa shape index (κ1) is 15.5. The lowest BCUT2D eigenvalue weighted by Gasteiger charge is -2.12. The summed E-state index contributed by atoms with van der Waals surface area (Å²) in [5.74, 6) is 0.268. The summed E-state index contributed by atoms with van der Waals surface area (Å²) < 4.78 is 26.6. The van der Waals surface area contributed by atoms with E-state index in [0.717, 1.165) is 0 Å². The van der Waals surface area contributed by atoms with Crippen LogP contribution in [0.4, 0.5) is 0 Å². The smallest absolute Gasteiger partial charge is 0.247 e. The van der Waals surface area contributed by atoms with E-state index in [1.807, 2.05) is 30.3 Å².